The van der Waals surface area contributed by atoms with Crippen molar-refractivity contribution in [3.8, 4) is 0 Å². The third-order valence-corrected chi connectivity index (χ3v) is 4.19. The number of aryl methyl sites for hydroxylation is 1. The van der Waals surface area contributed by atoms with Gasteiger partial charge in [0.1, 0.15) is 0 Å². The van der Waals surface area contributed by atoms with Crippen molar-refractivity contribution in [2.24, 2.45) is 0 Å². The van der Waals surface area contributed by atoms with E-state index in [4.69, 9.17) is 0 Å². The van der Waals surface area contributed by atoms with Gasteiger partial charge < -0.3 is 5.11 Å². The van der Waals surface area contributed by atoms with Gasteiger partial charge in [0.25, 0.3) is 0 Å². The van der Waals surface area contributed by atoms with Gasteiger partial charge in [-0.3, -0.25) is 4.90 Å². The molecule has 1 aliphatic heterocycles. The summed E-state index contributed by atoms with van der Waals surface area (Å²) in [5.74, 6) is -1.80. The topological polar surface area (TPSA) is 23.5 Å². The number of halogens is 2. The lowest BCUT2D eigenvalue weighted by molar-refractivity contribution is -0.00102. The third-order valence-electron chi connectivity index (χ3n) is 4.19. The van der Waals surface area contributed by atoms with Gasteiger partial charge in [-0.05, 0) is 52.3 Å². The lowest BCUT2D eigenvalue weighted by atomic mass is 9.89. The van der Waals surface area contributed by atoms with E-state index in [1.165, 1.54) is 19.1 Å². The smallest absolute Gasteiger partial charge is 0.164 e. The number of hydrogen-bond acceptors (Lipinski definition) is 2. The van der Waals surface area contributed by atoms with Crippen molar-refractivity contribution in [3.63, 3.8) is 0 Å². The Labute approximate surface area is 113 Å². The van der Waals surface area contributed by atoms with Crippen molar-refractivity contribution in [2.45, 2.75) is 45.3 Å². The molecule has 0 aromatic heterocycles. The molecule has 2 rings (SSSR count). The Balaban J connectivity index is 2.33. The molecule has 1 aromatic rings. The SMILES string of the molecule is Cc1ccc(C(O)C(C)(C)N2CCCC2)c(F)c1F. The van der Waals surface area contributed by atoms with Gasteiger partial charge in [-0.25, -0.2) is 8.78 Å². The first-order valence-corrected chi connectivity index (χ1v) is 6.73. The van der Waals surface area contributed by atoms with Crippen molar-refractivity contribution >= 4 is 0 Å². The van der Waals surface area contributed by atoms with Crippen LogP contribution in [0.25, 0.3) is 0 Å². The van der Waals surface area contributed by atoms with Gasteiger partial charge in [-0.2, -0.15) is 0 Å². The minimum Gasteiger partial charge on any atom is -0.386 e. The molecule has 0 aliphatic carbocycles. The Morgan fingerprint density at radius 3 is 2.32 bits per heavy atom. The van der Waals surface area contributed by atoms with E-state index in [9.17, 15) is 13.9 Å². The number of hydrogen-bond donors (Lipinski definition) is 1. The molecule has 0 bridgehead atoms. The predicted molar refractivity (Wildman–Crippen MR) is 70.9 cm³/mol. The van der Waals surface area contributed by atoms with Gasteiger partial charge in [0, 0.05) is 11.1 Å². The van der Waals surface area contributed by atoms with Crippen LogP contribution in [0.15, 0.2) is 12.1 Å². The molecule has 106 valence electrons. The van der Waals surface area contributed by atoms with Crippen LogP contribution in [0.4, 0.5) is 8.78 Å². The van der Waals surface area contributed by atoms with Crippen molar-refractivity contribution in [3.05, 3.63) is 34.9 Å². The van der Waals surface area contributed by atoms with E-state index in [2.05, 4.69) is 4.90 Å². The highest BCUT2D eigenvalue weighted by molar-refractivity contribution is 5.29. The van der Waals surface area contributed by atoms with E-state index >= 15 is 0 Å². The molecule has 19 heavy (non-hydrogen) atoms. The highest BCUT2D eigenvalue weighted by atomic mass is 19.2. The zero-order valence-electron chi connectivity index (χ0n) is 11.7. The fraction of sp³-hybridized carbons (Fsp3) is 0.600. The molecule has 0 amide bonds. The first-order chi connectivity index (χ1) is 8.85. The maximum Gasteiger partial charge on any atom is 0.164 e. The molecule has 1 N–H and O–H groups in total. The number of benzene rings is 1. The van der Waals surface area contributed by atoms with Crippen molar-refractivity contribution in [2.75, 3.05) is 13.1 Å². The Hall–Kier alpha value is -1.00. The lowest BCUT2D eigenvalue weighted by Crippen LogP contribution is -2.47. The van der Waals surface area contributed by atoms with E-state index in [-0.39, 0.29) is 11.1 Å². The maximum atomic E-state index is 14.0. The normalized spacial score (nSPS) is 18.8. The van der Waals surface area contributed by atoms with Gasteiger partial charge in [-0.1, -0.05) is 12.1 Å². The van der Waals surface area contributed by atoms with Crippen LogP contribution >= 0.6 is 0 Å². The second-order valence-corrected chi connectivity index (χ2v) is 5.85. The van der Waals surface area contributed by atoms with Gasteiger partial charge in [0.15, 0.2) is 11.6 Å². The summed E-state index contributed by atoms with van der Waals surface area (Å²) >= 11 is 0. The zero-order chi connectivity index (χ0) is 14.2. The zero-order valence-corrected chi connectivity index (χ0v) is 11.7. The van der Waals surface area contributed by atoms with Crippen LogP contribution in [0, 0.1) is 18.6 Å². The number of aliphatic hydroxyl groups excluding tert-OH is 1. The quantitative estimate of drug-likeness (QED) is 0.911. The summed E-state index contributed by atoms with van der Waals surface area (Å²) in [6.45, 7) is 7.04. The fourth-order valence-corrected chi connectivity index (χ4v) is 2.72. The molecule has 2 nitrogen and oxygen atoms in total. The molecule has 1 heterocycles. The van der Waals surface area contributed by atoms with Gasteiger partial charge >= 0.3 is 0 Å². The van der Waals surface area contributed by atoms with Crippen LogP contribution in [0.3, 0.4) is 0 Å². The summed E-state index contributed by atoms with van der Waals surface area (Å²) in [7, 11) is 0. The van der Waals surface area contributed by atoms with Crippen LogP contribution in [0.5, 0.6) is 0 Å². The molecule has 1 aliphatic rings. The van der Waals surface area contributed by atoms with Gasteiger partial charge in [0.2, 0.25) is 0 Å². The summed E-state index contributed by atoms with van der Waals surface area (Å²) in [6.07, 6.45) is 1.13. The Kier molecular flexibility index (Phi) is 3.92. The van der Waals surface area contributed by atoms with Crippen LogP contribution in [-0.2, 0) is 0 Å². The number of likely N-dealkylation sites (tertiary alicyclic amines) is 1. The number of aliphatic hydroxyl groups is 1. The van der Waals surface area contributed by atoms with Crippen LogP contribution in [-0.4, -0.2) is 28.6 Å². The number of nitrogens with zero attached hydrogens (tertiary/aromatic N) is 1. The summed E-state index contributed by atoms with van der Waals surface area (Å²) in [6, 6.07) is 2.99. The summed E-state index contributed by atoms with van der Waals surface area (Å²) < 4.78 is 27.6. The Morgan fingerprint density at radius 1 is 1.16 bits per heavy atom. The maximum absolute atomic E-state index is 14.0. The van der Waals surface area contributed by atoms with E-state index in [0.29, 0.717) is 0 Å². The average Bonchev–Trinajstić information content (AvgIpc) is 2.90. The number of rotatable bonds is 3. The van der Waals surface area contributed by atoms with Crippen LogP contribution in [0.2, 0.25) is 0 Å². The molecule has 1 unspecified atom stereocenters. The highest BCUT2D eigenvalue weighted by Gasteiger charge is 2.38. The minimum absolute atomic E-state index is 0.0417. The fourth-order valence-electron chi connectivity index (χ4n) is 2.72. The van der Waals surface area contributed by atoms with E-state index in [1.54, 1.807) is 0 Å². The van der Waals surface area contributed by atoms with Gasteiger partial charge in [-0.15, -0.1) is 0 Å². The molecule has 1 aromatic carbocycles. The van der Waals surface area contributed by atoms with Crippen LogP contribution in [0.1, 0.15) is 43.9 Å². The van der Waals surface area contributed by atoms with Crippen molar-refractivity contribution in [1.82, 2.24) is 4.90 Å². The summed E-state index contributed by atoms with van der Waals surface area (Å²) in [5, 5.41) is 10.5. The predicted octanol–water partition coefficient (Wildman–Crippen LogP) is 3.18. The summed E-state index contributed by atoms with van der Waals surface area (Å²) in [4.78, 5) is 2.13. The molecule has 0 saturated carbocycles. The molecular formula is C15H21F2NO. The monoisotopic (exact) mass is 269 g/mol. The molecule has 1 fully saturated rings. The van der Waals surface area contributed by atoms with Crippen molar-refractivity contribution < 1.29 is 13.9 Å². The second-order valence-electron chi connectivity index (χ2n) is 5.85. The molecule has 4 heteroatoms. The standard InChI is InChI=1S/C15H21F2NO/c1-10-6-7-11(13(17)12(10)16)14(19)15(2,3)18-8-4-5-9-18/h6-7,14,19H,4-5,8-9H2,1-3H3. The van der Waals surface area contributed by atoms with Crippen LogP contribution < -0.4 is 0 Å². The van der Waals surface area contributed by atoms with E-state index in [1.807, 2.05) is 13.8 Å². The average molecular weight is 269 g/mol. The third kappa shape index (κ3) is 2.51. The first-order valence-electron chi connectivity index (χ1n) is 6.73. The molecule has 1 saturated heterocycles. The minimum atomic E-state index is -1.04. The van der Waals surface area contributed by atoms with Crippen molar-refractivity contribution in [1.29, 1.82) is 0 Å². The molecular weight excluding hydrogens is 248 g/mol. The van der Waals surface area contributed by atoms with E-state index < -0.39 is 23.3 Å². The molecule has 1 atom stereocenters. The lowest BCUT2D eigenvalue weighted by Gasteiger charge is -2.39. The highest BCUT2D eigenvalue weighted by Crippen LogP contribution is 2.35. The first kappa shape index (κ1) is 14.4. The largest absolute Gasteiger partial charge is 0.386 e. The second kappa shape index (κ2) is 5.17. The summed E-state index contributed by atoms with van der Waals surface area (Å²) in [5.41, 5.74) is -0.300. The molecule has 0 radical (unpaired) electrons. The van der Waals surface area contributed by atoms with E-state index in [0.717, 1.165) is 25.9 Å². The molecule has 0 spiro atoms. The van der Waals surface area contributed by atoms with Gasteiger partial charge in [0.05, 0.1) is 6.10 Å². The Bertz CT molecular complexity index is 467. The Morgan fingerprint density at radius 2 is 1.74 bits per heavy atom.